The number of nitrogens with one attached hydrogen (secondary N) is 2. The summed E-state index contributed by atoms with van der Waals surface area (Å²) in [7, 11) is 0. The fraction of sp³-hybridized carbons (Fsp3) is 0.500. The van der Waals surface area contributed by atoms with Crippen LogP contribution in [0.4, 0.5) is 0 Å². The first-order valence-electron chi connectivity index (χ1n) is 10.5. The van der Waals surface area contributed by atoms with Gasteiger partial charge >= 0.3 is 0 Å². The van der Waals surface area contributed by atoms with Crippen LogP contribution in [0, 0.1) is 5.92 Å². The summed E-state index contributed by atoms with van der Waals surface area (Å²) in [6.45, 7) is 7.70. The minimum atomic E-state index is 0.212. The largest absolute Gasteiger partial charge is 0.444 e. The molecule has 0 spiro atoms. The van der Waals surface area contributed by atoms with Crippen molar-refractivity contribution in [3.63, 3.8) is 0 Å². The van der Waals surface area contributed by atoms with Gasteiger partial charge in [-0.1, -0.05) is 25.1 Å². The smallest absolute Gasteiger partial charge is 0.226 e. The highest BCUT2D eigenvalue weighted by atomic mass is 16.3. The van der Waals surface area contributed by atoms with Crippen LogP contribution in [-0.2, 0) is 11.3 Å². The number of guanidine groups is 1. The molecule has 1 unspecified atom stereocenters. The van der Waals surface area contributed by atoms with E-state index in [2.05, 4.69) is 27.5 Å². The van der Waals surface area contributed by atoms with Gasteiger partial charge in [-0.05, 0) is 37.8 Å². The normalized spacial score (nSPS) is 17.2. The second-order valence-corrected chi connectivity index (χ2v) is 7.47. The summed E-state index contributed by atoms with van der Waals surface area (Å²) in [5.74, 6) is 2.08. The molecule has 1 atom stereocenters. The van der Waals surface area contributed by atoms with Gasteiger partial charge in [0.05, 0.1) is 6.54 Å². The lowest BCUT2D eigenvalue weighted by molar-refractivity contribution is -0.132. The molecule has 7 nitrogen and oxygen atoms in total. The number of aromatic nitrogens is 1. The van der Waals surface area contributed by atoms with Gasteiger partial charge in [0.25, 0.3) is 0 Å². The van der Waals surface area contributed by atoms with E-state index < -0.39 is 0 Å². The second-order valence-electron chi connectivity index (χ2n) is 7.47. The predicted molar refractivity (Wildman–Crippen MR) is 114 cm³/mol. The van der Waals surface area contributed by atoms with E-state index in [0.29, 0.717) is 37.3 Å². The van der Waals surface area contributed by atoms with Gasteiger partial charge < -0.3 is 20.0 Å². The molecule has 0 saturated carbocycles. The van der Waals surface area contributed by atoms with Crippen LogP contribution in [0.3, 0.4) is 0 Å². The number of carbonyl (C=O) groups excluding carboxylic acids is 1. The van der Waals surface area contributed by atoms with E-state index in [1.807, 2.05) is 42.2 Å². The molecule has 1 aliphatic rings. The first-order valence-corrected chi connectivity index (χ1v) is 10.5. The van der Waals surface area contributed by atoms with E-state index in [1.54, 1.807) is 6.26 Å². The lowest BCUT2D eigenvalue weighted by atomic mass is 10.00. The number of rotatable bonds is 7. The summed E-state index contributed by atoms with van der Waals surface area (Å²) >= 11 is 0. The summed E-state index contributed by atoms with van der Waals surface area (Å²) in [6.07, 6.45) is 4.43. The molecule has 7 heteroatoms. The summed E-state index contributed by atoms with van der Waals surface area (Å²) in [4.78, 5) is 23.4. The van der Waals surface area contributed by atoms with Gasteiger partial charge in [-0.3, -0.25) is 4.79 Å². The van der Waals surface area contributed by atoms with Crippen molar-refractivity contribution in [3.05, 3.63) is 42.3 Å². The van der Waals surface area contributed by atoms with Gasteiger partial charge in [0, 0.05) is 38.2 Å². The Balaban J connectivity index is 1.49. The van der Waals surface area contributed by atoms with Crippen LogP contribution in [0.2, 0.25) is 0 Å². The molecule has 2 aromatic rings. The van der Waals surface area contributed by atoms with E-state index >= 15 is 0 Å². The lowest BCUT2D eigenvalue weighted by Crippen LogP contribution is -2.42. The fourth-order valence-electron chi connectivity index (χ4n) is 3.46. The van der Waals surface area contributed by atoms with E-state index in [4.69, 9.17) is 4.42 Å². The third kappa shape index (κ3) is 6.34. The minimum Gasteiger partial charge on any atom is -0.444 e. The highest BCUT2D eigenvalue weighted by molar-refractivity contribution is 5.81. The molecule has 1 amide bonds. The number of hydrogen-bond acceptors (Lipinski definition) is 4. The maximum Gasteiger partial charge on any atom is 0.226 e. The van der Waals surface area contributed by atoms with Crippen LogP contribution in [0.1, 0.15) is 38.8 Å². The number of oxazole rings is 1. The van der Waals surface area contributed by atoms with Crippen molar-refractivity contribution >= 4 is 11.9 Å². The van der Waals surface area contributed by atoms with Gasteiger partial charge in [-0.2, -0.15) is 0 Å². The summed E-state index contributed by atoms with van der Waals surface area (Å²) in [5.41, 5.74) is 1.71. The predicted octanol–water partition coefficient (Wildman–Crippen LogP) is 3.05. The minimum absolute atomic E-state index is 0.212. The standard InChI is InChI=1S/C22H31N5O2/c1-3-23-22(24-12-11-20(28)27-13-7-8-17(2)15-27)25-14-19-16-29-21(26-19)18-9-5-4-6-10-18/h4-6,9-10,16-17H,3,7-8,11-15H2,1-2H3,(H2,23,24,25). The summed E-state index contributed by atoms with van der Waals surface area (Å²) in [6, 6.07) is 9.80. The number of likely N-dealkylation sites (tertiary alicyclic amines) is 1. The fourth-order valence-corrected chi connectivity index (χ4v) is 3.46. The molecule has 2 N–H and O–H groups in total. The quantitative estimate of drug-likeness (QED) is 0.554. The average molecular weight is 398 g/mol. The monoisotopic (exact) mass is 397 g/mol. The van der Waals surface area contributed by atoms with Crippen LogP contribution in [0.5, 0.6) is 0 Å². The van der Waals surface area contributed by atoms with E-state index in [1.165, 1.54) is 6.42 Å². The molecule has 3 rings (SSSR count). The molecule has 29 heavy (non-hydrogen) atoms. The van der Waals surface area contributed by atoms with Crippen LogP contribution in [0.15, 0.2) is 46.0 Å². The van der Waals surface area contributed by atoms with Gasteiger partial charge in [0.2, 0.25) is 11.8 Å². The molecule has 0 radical (unpaired) electrons. The van der Waals surface area contributed by atoms with Crippen molar-refractivity contribution in [1.82, 2.24) is 20.5 Å². The number of benzene rings is 1. The maximum atomic E-state index is 12.4. The zero-order chi connectivity index (χ0) is 20.5. The Morgan fingerprint density at radius 3 is 2.90 bits per heavy atom. The van der Waals surface area contributed by atoms with Crippen LogP contribution in [0.25, 0.3) is 11.5 Å². The zero-order valence-corrected chi connectivity index (χ0v) is 17.4. The summed E-state index contributed by atoms with van der Waals surface area (Å²) in [5, 5.41) is 6.45. The Morgan fingerprint density at radius 1 is 1.31 bits per heavy atom. The van der Waals surface area contributed by atoms with E-state index in [9.17, 15) is 4.79 Å². The van der Waals surface area contributed by atoms with Gasteiger partial charge in [-0.15, -0.1) is 0 Å². The molecular weight excluding hydrogens is 366 g/mol. The Morgan fingerprint density at radius 2 is 2.14 bits per heavy atom. The highest BCUT2D eigenvalue weighted by Crippen LogP contribution is 2.18. The third-order valence-corrected chi connectivity index (χ3v) is 4.96. The first-order chi connectivity index (χ1) is 14.2. The Hall–Kier alpha value is -2.83. The maximum absolute atomic E-state index is 12.4. The van der Waals surface area contributed by atoms with Crippen LogP contribution >= 0.6 is 0 Å². The molecule has 0 bridgehead atoms. The number of piperidine rings is 1. The van der Waals surface area contributed by atoms with Crippen molar-refractivity contribution in [2.75, 3.05) is 26.2 Å². The van der Waals surface area contributed by atoms with E-state index in [0.717, 1.165) is 37.3 Å². The number of hydrogen-bond donors (Lipinski definition) is 2. The summed E-state index contributed by atoms with van der Waals surface area (Å²) < 4.78 is 5.56. The number of aliphatic imine (C=N–C) groups is 1. The van der Waals surface area contributed by atoms with E-state index in [-0.39, 0.29) is 5.91 Å². The van der Waals surface area contributed by atoms with Gasteiger partial charge in [-0.25, -0.2) is 9.98 Å². The molecule has 0 aliphatic carbocycles. The van der Waals surface area contributed by atoms with Gasteiger partial charge in [0.1, 0.15) is 12.0 Å². The SMILES string of the molecule is CCNC(=NCc1coc(-c2ccccc2)n1)NCCC(=O)N1CCCC(C)C1. The van der Waals surface area contributed by atoms with Crippen molar-refractivity contribution < 1.29 is 9.21 Å². The van der Waals surface area contributed by atoms with Crippen molar-refractivity contribution in [3.8, 4) is 11.5 Å². The average Bonchev–Trinajstić information content (AvgIpc) is 3.21. The molecular formula is C22H31N5O2. The second kappa shape index (κ2) is 10.6. The lowest BCUT2D eigenvalue weighted by Gasteiger charge is -2.31. The van der Waals surface area contributed by atoms with Crippen LogP contribution in [-0.4, -0.2) is 47.9 Å². The van der Waals surface area contributed by atoms with Crippen LogP contribution < -0.4 is 10.6 Å². The number of amides is 1. The molecule has 2 heterocycles. The molecule has 1 aromatic carbocycles. The zero-order valence-electron chi connectivity index (χ0n) is 17.4. The molecule has 1 saturated heterocycles. The molecule has 1 fully saturated rings. The molecule has 1 aliphatic heterocycles. The van der Waals surface area contributed by atoms with Gasteiger partial charge in [0.15, 0.2) is 5.96 Å². The van der Waals surface area contributed by atoms with Crippen molar-refractivity contribution in [2.45, 2.75) is 39.7 Å². The molecule has 1 aromatic heterocycles. The van der Waals surface area contributed by atoms with Crippen molar-refractivity contribution in [2.24, 2.45) is 10.9 Å². The highest BCUT2D eigenvalue weighted by Gasteiger charge is 2.20. The Labute approximate surface area is 172 Å². The Kier molecular flexibility index (Phi) is 7.67. The first kappa shape index (κ1) is 20.9. The number of carbonyl (C=O) groups is 1. The molecule has 156 valence electrons. The third-order valence-electron chi connectivity index (χ3n) is 4.96. The number of nitrogens with zero attached hydrogens (tertiary/aromatic N) is 3. The Bertz CT molecular complexity index is 803. The van der Waals surface area contributed by atoms with Crippen molar-refractivity contribution in [1.29, 1.82) is 0 Å². The topological polar surface area (TPSA) is 82.8 Å².